The maximum absolute atomic E-state index is 10.7. The molecule has 4 heteroatoms. The number of hydrogen-bond donors (Lipinski definition) is 2. The van der Waals surface area contributed by atoms with Crippen molar-refractivity contribution in [3.63, 3.8) is 0 Å². The van der Waals surface area contributed by atoms with E-state index >= 15 is 0 Å². The summed E-state index contributed by atoms with van der Waals surface area (Å²) >= 11 is 0. The van der Waals surface area contributed by atoms with Crippen LogP contribution in [0, 0.1) is 6.54 Å². The minimum atomic E-state index is -0.215. The molecular formula is C5H10N3O. The van der Waals surface area contributed by atoms with Crippen molar-refractivity contribution in [3.8, 4) is 0 Å². The summed E-state index contributed by atoms with van der Waals surface area (Å²) in [6.07, 6.45) is 2.03. The van der Waals surface area contributed by atoms with E-state index in [1.165, 1.54) is 0 Å². The molecule has 1 radical (unpaired) electrons. The molecule has 0 aromatic heterocycles. The molecule has 1 aliphatic rings. The average Bonchev–Trinajstić information content (AvgIpc) is 2.37. The molecule has 1 heterocycles. The van der Waals surface area contributed by atoms with Crippen LogP contribution in [0.15, 0.2) is 0 Å². The number of nitrogens with one attached hydrogen (secondary N) is 1. The lowest BCUT2D eigenvalue weighted by molar-refractivity contribution is 0.215. The predicted molar refractivity (Wildman–Crippen MR) is 33.0 cm³/mol. The Morgan fingerprint density at radius 2 is 2.56 bits per heavy atom. The summed E-state index contributed by atoms with van der Waals surface area (Å²) in [7, 11) is 0. The zero-order valence-corrected chi connectivity index (χ0v) is 5.13. The van der Waals surface area contributed by atoms with E-state index in [-0.39, 0.29) is 6.03 Å². The van der Waals surface area contributed by atoms with Gasteiger partial charge in [-0.3, -0.25) is 5.43 Å². The Balaban J connectivity index is 2.32. The number of carbonyl (C=O) groups is 1. The Kier molecular flexibility index (Phi) is 1.89. The van der Waals surface area contributed by atoms with Gasteiger partial charge >= 0.3 is 6.03 Å². The molecular weight excluding hydrogens is 118 g/mol. The van der Waals surface area contributed by atoms with E-state index in [4.69, 9.17) is 5.84 Å². The second-order valence-electron chi connectivity index (χ2n) is 1.97. The highest BCUT2D eigenvalue weighted by Crippen LogP contribution is 2.10. The lowest BCUT2D eigenvalue weighted by Crippen LogP contribution is -2.40. The van der Waals surface area contributed by atoms with Gasteiger partial charge in [-0.1, -0.05) is 0 Å². The Morgan fingerprint density at radius 3 is 3.00 bits per heavy atom. The molecule has 9 heavy (non-hydrogen) atoms. The molecule has 51 valence electrons. The summed E-state index contributed by atoms with van der Waals surface area (Å²) in [5.74, 6) is 4.89. The van der Waals surface area contributed by atoms with Crippen LogP contribution >= 0.6 is 0 Å². The Hall–Kier alpha value is -0.770. The van der Waals surface area contributed by atoms with E-state index in [0.717, 1.165) is 19.4 Å². The molecule has 2 amide bonds. The highest BCUT2D eigenvalue weighted by molar-refractivity contribution is 5.74. The van der Waals surface area contributed by atoms with Crippen molar-refractivity contribution in [1.82, 2.24) is 10.3 Å². The first-order valence-corrected chi connectivity index (χ1v) is 2.95. The fourth-order valence-electron chi connectivity index (χ4n) is 0.867. The Morgan fingerprint density at radius 1 is 1.78 bits per heavy atom. The van der Waals surface area contributed by atoms with Gasteiger partial charge in [0.1, 0.15) is 0 Å². The lowest BCUT2D eigenvalue weighted by atomic mass is 10.4. The number of nitrogens with zero attached hydrogens (tertiary/aromatic N) is 1. The van der Waals surface area contributed by atoms with Crippen LogP contribution in [0.5, 0.6) is 0 Å². The van der Waals surface area contributed by atoms with Crippen LogP contribution in [0.25, 0.3) is 0 Å². The molecule has 0 spiro atoms. The van der Waals surface area contributed by atoms with Crippen molar-refractivity contribution in [3.05, 3.63) is 6.54 Å². The summed E-state index contributed by atoms with van der Waals surface area (Å²) < 4.78 is 0. The third kappa shape index (κ3) is 1.32. The average molecular weight is 128 g/mol. The molecule has 0 bridgehead atoms. The molecule has 0 aliphatic carbocycles. The normalized spacial score (nSPS) is 18.1. The maximum atomic E-state index is 10.7. The molecule has 0 atom stereocenters. The number of likely N-dealkylation sites (tertiary alicyclic amines) is 1. The molecule has 1 fully saturated rings. The zero-order chi connectivity index (χ0) is 6.69. The second-order valence-corrected chi connectivity index (χ2v) is 1.97. The Labute approximate surface area is 54.0 Å². The third-order valence-corrected chi connectivity index (χ3v) is 1.34. The van der Waals surface area contributed by atoms with Crippen LogP contribution < -0.4 is 11.3 Å². The summed E-state index contributed by atoms with van der Waals surface area (Å²) in [4.78, 5) is 12.3. The zero-order valence-electron chi connectivity index (χ0n) is 5.13. The number of hydrogen-bond acceptors (Lipinski definition) is 2. The maximum Gasteiger partial charge on any atom is 0.331 e. The fourth-order valence-corrected chi connectivity index (χ4v) is 0.867. The number of hydrazine groups is 1. The quantitative estimate of drug-likeness (QED) is 0.270. The van der Waals surface area contributed by atoms with Crippen molar-refractivity contribution < 1.29 is 4.79 Å². The van der Waals surface area contributed by atoms with Gasteiger partial charge in [0.25, 0.3) is 0 Å². The van der Waals surface area contributed by atoms with Crippen LogP contribution in [0.2, 0.25) is 0 Å². The van der Waals surface area contributed by atoms with Crippen LogP contribution in [0.3, 0.4) is 0 Å². The number of carbonyl (C=O) groups excluding carboxylic acids is 1. The lowest BCUT2D eigenvalue weighted by Gasteiger charge is -2.12. The molecule has 0 saturated carbocycles. The van der Waals surface area contributed by atoms with E-state index < -0.39 is 0 Å². The number of amides is 2. The molecule has 4 nitrogen and oxygen atoms in total. The van der Waals surface area contributed by atoms with Crippen molar-refractivity contribution in [2.45, 2.75) is 12.8 Å². The summed E-state index contributed by atoms with van der Waals surface area (Å²) in [6, 6.07) is -0.215. The van der Waals surface area contributed by atoms with Crippen molar-refractivity contribution in [2.24, 2.45) is 5.84 Å². The van der Waals surface area contributed by atoms with E-state index in [1.54, 1.807) is 4.90 Å². The molecule has 0 aromatic carbocycles. The smallest absolute Gasteiger partial charge is 0.319 e. The summed E-state index contributed by atoms with van der Waals surface area (Å²) in [5, 5.41) is 0. The molecule has 1 rings (SSSR count). The second kappa shape index (κ2) is 2.68. The van der Waals surface area contributed by atoms with Gasteiger partial charge in [-0.2, -0.15) is 0 Å². The predicted octanol–water partition coefficient (Wildman–Crippen LogP) is -0.173. The van der Waals surface area contributed by atoms with Crippen molar-refractivity contribution >= 4 is 6.03 Å². The van der Waals surface area contributed by atoms with Gasteiger partial charge in [0, 0.05) is 6.54 Å². The third-order valence-electron chi connectivity index (χ3n) is 1.34. The van der Waals surface area contributed by atoms with Gasteiger partial charge in [0.15, 0.2) is 0 Å². The summed E-state index contributed by atoms with van der Waals surface area (Å²) in [5.41, 5.74) is 2.06. The molecule has 0 aromatic rings. The molecule has 3 N–H and O–H groups in total. The highest BCUT2D eigenvalue weighted by atomic mass is 16.2. The monoisotopic (exact) mass is 128 g/mol. The van der Waals surface area contributed by atoms with Crippen LogP contribution in [0.4, 0.5) is 4.79 Å². The standard InChI is InChI=1S/C5H10N3O/c6-7-5(9)8-3-1-2-4-8/h3H,1-2,4,6H2,(H,7,9). The minimum Gasteiger partial charge on any atom is -0.319 e. The molecule has 1 aliphatic heterocycles. The highest BCUT2D eigenvalue weighted by Gasteiger charge is 2.16. The van der Waals surface area contributed by atoms with E-state index in [2.05, 4.69) is 5.43 Å². The summed E-state index contributed by atoms with van der Waals surface area (Å²) in [6.45, 7) is 2.64. The van der Waals surface area contributed by atoms with E-state index in [1.807, 2.05) is 6.54 Å². The fraction of sp³-hybridized carbons (Fsp3) is 0.600. The van der Waals surface area contributed by atoms with Gasteiger partial charge in [-0.25, -0.2) is 10.6 Å². The van der Waals surface area contributed by atoms with E-state index in [9.17, 15) is 4.79 Å². The number of nitrogens with two attached hydrogens (primary N) is 1. The van der Waals surface area contributed by atoms with Gasteiger partial charge in [-0.05, 0) is 12.8 Å². The van der Waals surface area contributed by atoms with Crippen LogP contribution in [0.1, 0.15) is 12.8 Å². The first-order valence-electron chi connectivity index (χ1n) is 2.95. The van der Waals surface area contributed by atoms with Crippen LogP contribution in [-0.4, -0.2) is 17.5 Å². The number of urea groups is 1. The largest absolute Gasteiger partial charge is 0.331 e. The minimum absolute atomic E-state index is 0.215. The first kappa shape index (κ1) is 6.35. The van der Waals surface area contributed by atoms with Crippen molar-refractivity contribution in [2.75, 3.05) is 6.54 Å². The molecule has 1 saturated heterocycles. The SMILES string of the molecule is NNC(=O)N1[CH]CCC1. The van der Waals surface area contributed by atoms with Gasteiger partial charge < -0.3 is 4.90 Å². The van der Waals surface area contributed by atoms with Gasteiger partial charge in [-0.15, -0.1) is 0 Å². The Bertz CT molecular complexity index is 109. The topological polar surface area (TPSA) is 58.4 Å². The molecule has 0 unspecified atom stereocenters. The van der Waals surface area contributed by atoms with E-state index in [0.29, 0.717) is 0 Å². The van der Waals surface area contributed by atoms with Crippen LogP contribution in [-0.2, 0) is 0 Å². The number of rotatable bonds is 0. The first-order chi connectivity index (χ1) is 4.34. The van der Waals surface area contributed by atoms with Crippen molar-refractivity contribution in [1.29, 1.82) is 0 Å². The van der Waals surface area contributed by atoms with Gasteiger partial charge in [0.2, 0.25) is 0 Å². The van der Waals surface area contributed by atoms with Gasteiger partial charge in [0.05, 0.1) is 6.54 Å².